The van der Waals surface area contributed by atoms with E-state index in [9.17, 15) is 10.1 Å². The number of ether oxygens (including phenoxy) is 1. The van der Waals surface area contributed by atoms with Crippen LogP contribution in [0.1, 0.15) is 18.6 Å². The van der Waals surface area contributed by atoms with Crippen LogP contribution >= 0.6 is 15.9 Å². The van der Waals surface area contributed by atoms with Crippen LogP contribution in [0.2, 0.25) is 0 Å². The van der Waals surface area contributed by atoms with Crippen molar-refractivity contribution in [1.82, 2.24) is 5.32 Å². The number of nitriles is 1. The molecule has 1 amide bonds. The van der Waals surface area contributed by atoms with Gasteiger partial charge >= 0.3 is 0 Å². The summed E-state index contributed by atoms with van der Waals surface area (Å²) in [7, 11) is 0. The number of hydrogen-bond donors (Lipinski definition) is 1. The van der Waals surface area contributed by atoms with Gasteiger partial charge in [-0.25, -0.2) is 0 Å². The molecule has 0 saturated carbocycles. The third-order valence-corrected chi connectivity index (χ3v) is 4.45. The Morgan fingerprint density at radius 3 is 2.80 bits per heavy atom. The van der Waals surface area contributed by atoms with E-state index in [-0.39, 0.29) is 11.7 Å². The fourth-order valence-corrected chi connectivity index (χ4v) is 2.86. The molecule has 0 bridgehead atoms. The molecule has 1 atom stereocenters. The Balaban J connectivity index is 1.68. The molecule has 2 aromatic rings. The van der Waals surface area contributed by atoms with Crippen LogP contribution in [-0.2, 0) is 9.53 Å². The zero-order valence-electron chi connectivity index (χ0n) is 13.5. The summed E-state index contributed by atoms with van der Waals surface area (Å²) in [4.78, 5) is 12.1. The average molecular weight is 401 g/mol. The van der Waals surface area contributed by atoms with Crippen molar-refractivity contribution in [2.75, 3.05) is 13.2 Å². The first-order valence-corrected chi connectivity index (χ1v) is 8.82. The summed E-state index contributed by atoms with van der Waals surface area (Å²) in [6, 6.07) is 13.2. The Labute approximate surface area is 154 Å². The van der Waals surface area contributed by atoms with Gasteiger partial charge in [0, 0.05) is 29.3 Å². The number of carbonyl (C=O) groups excluding carboxylic acids is 1. The van der Waals surface area contributed by atoms with Gasteiger partial charge in [-0.3, -0.25) is 4.79 Å². The van der Waals surface area contributed by atoms with Gasteiger partial charge in [0.25, 0.3) is 5.91 Å². The number of halogens is 1. The number of nitrogens with zero attached hydrogens (tertiary/aromatic N) is 1. The highest BCUT2D eigenvalue weighted by Crippen LogP contribution is 2.25. The lowest BCUT2D eigenvalue weighted by Crippen LogP contribution is -2.32. The molecule has 1 saturated heterocycles. The molecule has 1 aliphatic rings. The molecule has 0 unspecified atom stereocenters. The number of furan rings is 1. The second-order valence-corrected chi connectivity index (χ2v) is 6.64. The summed E-state index contributed by atoms with van der Waals surface area (Å²) in [5, 5.41) is 12.0. The van der Waals surface area contributed by atoms with Gasteiger partial charge in [0.15, 0.2) is 0 Å². The third-order valence-electron chi connectivity index (χ3n) is 3.92. The van der Waals surface area contributed by atoms with Crippen molar-refractivity contribution in [2.24, 2.45) is 0 Å². The Bertz CT molecular complexity index is 812. The Kier molecular flexibility index (Phi) is 5.69. The van der Waals surface area contributed by atoms with Crippen molar-refractivity contribution >= 4 is 27.9 Å². The van der Waals surface area contributed by atoms with Crippen LogP contribution in [-0.4, -0.2) is 25.2 Å². The van der Waals surface area contributed by atoms with Crippen molar-refractivity contribution in [3.8, 4) is 17.4 Å². The van der Waals surface area contributed by atoms with Gasteiger partial charge in [0.05, 0.1) is 6.10 Å². The molecule has 1 aromatic heterocycles. The van der Waals surface area contributed by atoms with E-state index in [1.165, 1.54) is 6.08 Å². The van der Waals surface area contributed by atoms with Gasteiger partial charge in [-0.2, -0.15) is 5.26 Å². The van der Waals surface area contributed by atoms with Crippen LogP contribution in [0, 0.1) is 11.3 Å². The largest absolute Gasteiger partial charge is 0.457 e. The lowest BCUT2D eigenvalue weighted by molar-refractivity contribution is -0.117. The minimum absolute atomic E-state index is 0.00898. The number of carbonyl (C=O) groups is 1. The Morgan fingerprint density at radius 1 is 1.32 bits per heavy atom. The highest BCUT2D eigenvalue weighted by Gasteiger charge is 2.18. The predicted octanol–water partition coefficient (Wildman–Crippen LogP) is 3.91. The number of benzene rings is 1. The summed E-state index contributed by atoms with van der Waals surface area (Å²) >= 11 is 3.39. The van der Waals surface area contributed by atoms with Gasteiger partial charge in [0.2, 0.25) is 0 Å². The first kappa shape index (κ1) is 17.5. The molecule has 0 spiro atoms. The van der Waals surface area contributed by atoms with Gasteiger partial charge < -0.3 is 14.5 Å². The summed E-state index contributed by atoms with van der Waals surface area (Å²) in [6.45, 7) is 1.15. The normalized spacial score (nSPS) is 17.3. The molecule has 5 nitrogen and oxygen atoms in total. The monoisotopic (exact) mass is 400 g/mol. The fraction of sp³-hybridized carbons (Fsp3) is 0.263. The number of rotatable bonds is 5. The third kappa shape index (κ3) is 4.59. The molecule has 0 radical (unpaired) electrons. The molecule has 1 aromatic carbocycles. The fourth-order valence-electron chi connectivity index (χ4n) is 2.60. The van der Waals surface area contributed by atoms with Gasteiger partial charge in [-0.1, -0.05) is 28.1 Å². The summed E-state index contributed by atoms with van der Waals surface area (Å²) in [5.74, 6) is 0.720. The number of amides is 1. The minimum atomic E-state index is -0.417. The zero-order valence-corrected chi connectivity index (χ0v) is 15.1. The molecule has 1 N–H and O–H groups in total. The maximum atomic E-state index is 12.1. The van der Waals surface area contributed by atoms with Crippen molar-refractivity contribution in [1.29, 1.82) is 5.26 Å². The second kappa shape index (κ2) is 8.15. The molecule has 0 aliphatic carbocycles. The van der Waals surface area contributed by atoms with Crippen LogP contribution < -0.4 is 5.32 Å². The lowest BCUT2D eigenvalue weighted by Gasteiger charge is -2.09. The first-order chi connectivity index (χ1) is 12.2. The van der Waals surface area contributed by atoms with Crippen LogP contribution in [0.15, 0.2) is 50.9 Å². The molecule has 3 rings (SSSR count). The molecule has 1 fully saturated rings. The number of nitrogens with one attached hydrogen (secondary N) is 1. The highest BCUT2D eigenvalue weighted by atomic mass is 79.9. The molecule has 1 aliphatic heterocycles. The van der Waals surface area contributed by atoms with E-state index in [0.717, 1.165) is 29.5 Å². The standard InChI is InChI=1S/C19H17BrN2O3/c20-15-5-3-13(4-6-15)18-8-7-16(25-18)10-14(11-21)19(23)22-12-17-2-1-9-24-17/h3-8,10,17H,1-2,9,12H2,(H,22,23)/b14-10+/t17-/m0/s1. The molecular formula is C19H17BrN2O3. The van der Waals surface area contributed by atoms with E-state index in [2.05, 4.69) is 21.2 Å². The summed E-state index contributed by atoms with van der Waals surface area (Å²) in [6.07, 6.45) is 3.43. The first-order valence-electron chi connectivity index (χ1n) is 8.03. The van der Waals surface area contributed by atoms with Crippen molar-refractivity contribution in [2.45, 2.75) is 18.9 Å². The van der Waals surface area contributed by atoms with E-state index >= 15 is 0 Å². The van der Waals surface area contributed by atoms with E-state index in [1.54, 1.807) is 6.07 Å². The van der Waals surface area contributed by atoms with Crippen LogP contribution in [0.25, 0.3) is 17.4 Å². The average Bonchev–Trinajstić information content (AvgIpc) is 3.30. The van der Waals surface area contributed by atoms with E-state index in [0.29, 0.717) is 18.1 Å². The van der Waals surface area contributed by atoms with Gasteiger partial charge in [0.1, 0.15) is 23.2 Å². The molecule has 6 heteroatoms. The van der Waals surface area contributed by atoms with E-state index in [4.69, 9.17) is 9.15 Å². The van der Waals surface area contributed by atoms with Crippen LogP contribution in [0.3, 0.4) is 0 Å². The van der Waals surface area contributed by atoms with E-state index in [1.807, 2.05) is 36.4 Å². The lowest BCUT2D eigenvalue weighted by atomic mass is 10.2. The molecular weight excluding hydrogens is 384 g/mol. The molecule has 128 valence electrons. The molecule has 2 heterocycles. The maximum absolute atomic E-state index is 12.1. The second-order valence-electron chi connectivity index (χ2n) is 5.72. The Hall–Kier alpha value is -2.36. The SMILES string of the molecule is N#C/C(=C\c1ccc(-c2ccc(Br)cc2)o1)C(=O)NC[C@@H]1CCCO1. The Morgan fingerprint density at radius 2 is 2.12 bits per heavy atom. The summed E-state index contributed by atoms with van der Waals surface area (Å²) in [5.41, 5.74) is 0.930. The zero-order chi connectivity index (χ0) is 17.6. The van der Waals surface area contributed by atoms with Gasteiger partial charge in [-0.05, 0) is 37.1 Å². The number of hydrogen-bond acceptors (Lipinski definition) is 4. The van der Waals surface area contributed by atoms with Crippen LogP contribution in [0.4, 0.5) is 0 Å². The predicted molar refractivity (Wildman–Crippen MR) is 97.4 cm³/mol. The van der Waals surface area contributed by atoms with Crippen molar-refractivity contribution in [3.63, 3.8) is 0 Å². The van der Waals surface area contributed by atoms with Crippen molar-refractivity contribution in [3.05, 3.63) is 52.2 Å². The highest BCUT2D eigenvalue weighted by molar-refractivity contribution is 9.10. The maximum Gasteiger partial charge on any atom is 0.262 e. The smallest absolute Gasteiger partial charge is 0.262 e. The topological polar surface area (TPSA) is 75.3 Å². The quantitative estimate of drug-likeness (QED) is 0.609. The van der Waals surface area contributed by atoms with Crippen molar-refractivity contribution < 1.29 is 13.9 Å². The van der Waals surface area contributed by atoms with Gasteiger partial charge in [-0.15, -0.1) is 0 Å². The minimum Gasteiger partial charge on any atom is -0.457 e. The van der Waals surface area contributed by atoms with E-state index < -0.39 is 5.91 Å². The van der Waals surface area contributed by atoms with Crippen LogP contribution in [0.5, 0.6) is 0 Å². The molecule has 25 heavy (non-hydrogen) atoms. The summed E-state index contributed by atoms with van der Waals surface area (Å²) < 4.78 is 12.2.